The Morgan fingerprint density at radius 1 is 1.19 bits per heavy atom. The third-order valence-corrected chi connectivity index (χ3v) is 4.76. The summed E-state index contributed by atoms with van der Waals surface area (Å²) >= 11 is 1.80. The van der Waals surface area contributed by atoms with Gasteiger partial charge < -0.3 is 9.88 Å². The minimum absolute atomic E-state index is 0.359. The number of aryl methyl sites for hydroxylation is 1. The summed E-state index contributed by atoms with van der Waals surface area (Å²) in [6.07, 6.45) is 3.84. The fourth-order valence-electron chi connectivity index (χ4n) is 2.28. The van der Waals surface area contributed by atoms with Gasteiger partial charge in [-0.3, -0.25) is 0 Å². The normalized spacial score (nSPS) is 12.8. The number of imidazole rings is 1. The van der Waals surface area contributed by atoms with Crippen LogP contribution < -0.4 is 5.32 Å². The van der Waals surface area contributed by atoms with Crippen LogP contribution in [-0.2, 0) is 7.05 Å². The van der Waals surface area contributed by atoms with Gasteiger partial charge in [-0.1, -0.05) is 56.8 Å². The lowest BCUT2D eigenvalue weighted by Gasteiger charge is -2.18. The predicted octanol–water partition coefficient (Wildman–Crippen LogP) is 3.99. The molecule has 2 aromatic rings. The summed E-state index contributed by atoms with van der Waals surface area (Å²) in [4.78, 5) is 4.38. The molecule has 0 aliphatic heterocycles. The van der Waals surface area contributed by atoms with E-state index in [1.807, 2.05) is 19.4 Å². The van der Waals surface area contributed by atoms with Crippen molar-refractivity contribution < 1.29 is 0 Å². The van der Waals surface area contributed by atoms with E-state index in [9.17, 15) is 0 Å². The Hall–Kier alpha value is -1.26. The first-order chi connectivity index (χ1) is 10.1. The molecule has 4 heteroatoms. The van der Waals surface area contributed by atoms with Gasteiger partial charge in [-0.2, -0.15) is 0 Å². The summed E-state index contributed by atoms with van der Waals surface area (Å²) in [5, 5.41) is 4.64. The number of nitrogens with one attached hydrogen (secondary N) is 1. The van der Waals surface area contributed by atoms with Crippen molar-refractivity contribution in [2.45, 2.75) is 37.9 Å². The average molecular weight is 303 g/mol. The molecular weight excluding hydrogens is 278 g/mol. The second-order valence-corrected chi connectivity index (χ2v) is 6.55. The Bertz CT molecular complexity index is 545. The molecule has 0 saturated carbocycles. The van der Waals surface area contributed by atoms with Gasteiger partial charge >= 0.3 is 0 Å². The Kier molecular flexibility index (Phi) is 5.88. The highest BCUT2D eigenvalue weighted by Gasteiger charge is 2.12. The summed E-state index contributed by atoms with van der Waals surface area (Å²) in [6.45, 7) is 7.58. The molecule has 21 heavy (non-hydrogen) atoms. The highest BCUT2D eigenvalue weighted by Crippen LogP contribution is 2.24. The fourth-order valence-corrected chi connectivity index (χ4v) is 3.31. The zero-order chi connectivity index (χ0) is 15.2. The smallest absolute Gasteiger partial charge is 0.167 e. The topological polar surface area (TPSA) is 29.9 Å². The lowest BCUT2D eigenvalue weighted by atomic mass is 9.99. The lowest BCUT2D eigenvalue weighted by molar-refractivity contribution is 0.604. The van der Waals surface area contributed by atoms with Crippen LogP contribution in [0, 0.1) is 0 Å². The average Bonchev–Trinajstić information content (AvgIpc) is 2.89. The van der Waals surface area contributed by atoms with Crippen molar-refractivity contribution in [2.24, 2.45) is 7.05 Å². The van der Waals surface area contributed by atoms with Crippen LogP contribution in [0.5, 0.6) is 0 Å². The Morgan fingerprint density at radius 3 is 2.38 bits per heavy atom. The maximum Gasteiger partial charge on any atom is 0.167 e. The van der Waals surface area contributed by atoms with Gasteiger partial charge in [0.05, 0.1) is 0 Å². The van der Waals surface area contributed by atoms with Crippen molar-refractivity contribution >= 4 is 11.8 Å². The van der Waals surface area contributed by atoms with Crippen molar-refractivity contribution in [1.29, 1.82) is 0 Å². The number of thioether (sulfide) groups is 1. The van der Waals surface area contributed by atoms with E-state index in [-0.39, 0.29) is 0 Å². The minimum atomic E-state index is 0.359. The molecule has 0 radical (unpaired) electrons. The van der Waals surface area contributed by atoms with Crippen molar-refractivity contribution in [3.8, 4) is 0 Å². The van der Waals surface area contributed by atoms with Crippen molar-refractivity contribution in [3.05, 3.63) is 47.8 Å². The van der Waals surface area contributed by atoms with E-state index in [4.69, 9.17) is 0 Å². The number of aromatic nitrogens is 2. The maximum atomic E-state index is 4.38. The van der Waals surface area contributed by atoms with Gasteiger partial charge in [0.15, 0.2) is 5.16 Å². The van der Waals surface area contributed by atoms with Crippen LogP contribution in [0.15, 0.2) is 41.8 Å². The van der Waals surface area contributed by atoms with E-state index in [0.29, 0.717) is 12.0 Å². The summed E-state index contributed by atoms with van der Waals surface area (Å²) in [7, 11) is 2.04. The number of nitrogens with zero attached hydrogens (tertiary/aromatic N) is 2. The van der Waals surface area contributed by atoms with Gasteiger partial charge in [0, 0.05) is 31.2 Å². The standard InChI is InChI=1S/C17H25N3S/c1-5-18-16(12-21-17-19-10-11-20(17)4)15-8-6-14(7-9-15)13(2)3/h6-11,13,16,18H,5,12H2,1-4H3. The van der Waals surface area contributed by atoms with Gasteiger partial charge in [0.1, 0.15) is 0 Å². The van der Waals surface area contributed by atoms with Crippen LogP contribution in [0.1, 0.15) is 43.9 Å². The van der Waals surface area contributed by atoms with Gasteiger partial charge in [-0.15, -0.1) is 0 Å². The first kappa shape index (κ1) is 16.1. The summed E-state index contributed by atoms with van der Waals surface area (Å²) in [6, 6.07) is 9.35. The molecular formula is C17H25N3S. The number of benzene rings is 1. The molecule has 0 spiro atoms. The molecule has 0 bridgehead atoms. The molecule has 1 aromatic carbocycles. The molecule has 1 atom stereocenters. The Morgan fingerprint density at radius 2 is 1.86 bits per heavy atom. The first-order valence-corrected chi connectivity index (χ1v) is 8.53. The molecule has 0 aliphatic rings. The second-order valence-electron chi connectivity index (χ2n) is 5.56. The van der Waals surface area contributed by atoms with E-state index >= 15 is 0 Å². The largest absolute Gasteiger partial charge is 0.329 e. The van der Waals surface area contributed by atoms with Crippen LogP contribution in [0.25, 0.3) is 0 Å². The highest BCUT2D eigenvalue weighted by molar-refractivity contribution is 7.99. The van der Waals surface area contributed by atoms with E-state index in [1.54, 1.807) is 11.8 Å². The molecule has 1 aromatic heterocycles. The molecule has 0 aliphatic carbocycles. The first-order valence-electron chi connectivity index (χ1n) is 7.55. The van der Waals surface area contributed by atoms with Gasteiger partial charge in [0.2, 0.25) is 0 Å². The second kappa shape index (κ2) is 7.66. The maximum absolute atomic E-state index is 4.38. The van der Waals surface area contributed by atoms with Crippen LogP contribution >= 0.6 is 11.8 Å². The number of rotatable bonds is 7. The molecule has 114 valence electrons. The predicted molar refractivity (Wildman–Crippen MR) is 90.9 cm³/mol. The number of hydrogen-bond donors (Lipinski definition) is 1. The molecule has 0 fully saturated rings. The lowest BCUT2D eigenvalue weighted by Crippen LogP contribution is -2.23. The monoisotopic (exact) mass is 303 g/mol. The Labute approximate surface area is 132 Å². The zero-order valence-corrected chi connectivity index (χ0v) is 14.2. The minimum Gasteiger partial charge on any atom is -0.329 e. The highest BCUT2D eigenvalue weighted by atomic mass is 32.2. The van der Waals surface area contributed by atoms with Crippen LogP contribution in [0.3, 0.4) is 0 Å². The molecule has 0 saturated heterocycles. The third kappa shape index (κ3) is 4.35. The number of hydrogen-bond acceptors (Lipinski definition) is 3. The summed E-state index contributed by atoms with van der Waals surface area (Å²) < 4.78 is 2.07. The van der Waals surface area contributed by atoms with Gasteiger partial charge in [-0.25, -0.2) is 4.98 Å². The molecule has 1 heterocycles. The molecule has 0 amide bonds. The SMILES string of the molecule is CCNC(CSc1nccn1C)c1ccc(C(C)C)cc1. The summed E-state index contributed by atoms with van der Waals surface area (Å²) in [5.41, 5.74) is 2.74. The van der Waals surface area contributed by atoms with Crippen LogP contribution in [-0.4, -0.2) is 21.8 Å². The van der Waals surface area contributed by atoms with Gasteiger partial charge in [-0.05, 0) is 23.6 Å². The molecule has 3 nitrogen and oxygen atoms in total. The molecule has 2 rings (SSSR count). The fraction of sp³-hybridized carbons (Fsp3) is 0.471. The molecule has 1 unspecified atom stereocenters. The molecule has 1 N–H and O–H groups in total. The zero-order valence-electron chi connectivity index (χ0n) is 13.3. The van der Waals surface area contributed by atoms with Crippen LogP contribution in [0.2, 0.25) is 0 Å². The summed E-state index contributed by atoms with van der Waals surface area (Å²) in [5.74, 6) is 1.57. The van der Waals surface area contributed by atoms with Crippen molar-refractivity contribution in [1.82, 2.24) is 14.9 Å². The van der Waals surface area contributed by atoms with E-state index < -0.39 is 0 Å². The Balaban J connectivity index is 2.05. The van der Waals surface area contributed by atoms with Crippen molar-refractivity contribution in [3.63, 3.8) is 0 Å². The van der Waals surface area contributed by atoms with Gasteiger partial charge in [0.25, 0.3) is 0 Å². The van der Waals surface area contributed by atoms with E-state index in [0.717, 1.165) is 17.5 Å². The van der Waals surface area contributed by atoms with E-state index in [2.05, 4.69) is 59.9 Å². The van der Waals surface area contributed by atoms with Crippen molar-refractivity contribution in [2.75, 3.05) is 12.3 Å². The third-order valence-electron chi connectivity index (χ3n) is 3.61. The van der Waals surface area contributed by atoms with Crippen LogP contribution in [0.4, 0.5) is 0 Å². The van der Waals surface area contributed by atoms with E-state index in [1.165, 1.54) is 11.1 Å². The quantitative estimate of drug-likeness (QED) is 0.785.